The highest BCUT2D eigenvalue weighted by atomic mass is 19.4. The van der Waals surface area contributed by atoms with Gasteiger partial charge in [-0.25, -0.2) is 4.98 Å². The Balaban J connectivity index is 1.69. The van der Waals surface area contributed by atoms with Gasteiger partial charge in [-0.3, -0.25) is 25.2 Å². The second-order valence-electron chi connectivity index (χ2n) is 6.85. The number of amides is 3. The van der Waals surface area contributed by atoms with Crippen molar-refractivity contribution in [1.29, 1.82) is 0 Å². The SMILES string of the molecule is C[C@@]1(C(=O)NNC(=O)c2ncccc2Nc2ccc(C(F)(F)F)cc2)CCNC1=O. The van der Waals surface area contributed by atoms with Gasteiger partial charge < -0.3 is 10.6 Å². The standard InChI is InChI=1S/C19H18F3N5O3/c1-18(8-10-24-16(18)29)17(30)27-26-15(28)14-13(3-2-9-23-14)25-12-6-4-11(5-7-12)19(20,21)22/h2-7,9,25H,8,10H2,1H3,(H,24,29)(H,26,28)(H,27,30)/t18-/m1/s1. The average molecular weight is 421 g/mol. The van der Waals surface area contributed by atoms with Gasteiger partial charge in [-0.2, -0.15) is 13.2 Å². The number of nitrogens with zero attached hydrogens (tertiary/aromatic N) is 1. The maximum absolute atomic E-state index is 12.7. The molecule has 11 heteroatoms. The Labute approximate surface area is 169 Å². The number of nitrogens with one attached hydrogen (secondary N) is 4. The Morgan fingerprint density at radius 3 is 2.43 bits per heavy atom. The molecule has 0 spiro atoms. The monoisotopic (exact) mass is 421 g/mol. The van der Waals surface area contributed by atoms with Crippen LogP contribution in [0.4, 0.5) is 24.5 Å². The summed E-state index contributed by atoms with van der Waals surface area (Å²) in [6.45, 7) is 1.83. The summed E-state index contributed by atoms with van der Waals surface area (Å²) >= 11 is 0. The largest absolute Gasteiger partial charge is 0.416 e. The van der Waals surface area contributed by atoms with Crippen molar-refractivity contribution in [1.82, 2.24) is 21.2 Å². The lowest BCUT2D eigenvalue weighted by atomic mass is 9.88. The van der Waals surface area contributed by atoms with Crippen LogP contribution in [0.2, 0.25) is 0 Å². The molecule has 8 nitrogen and oxygen atoms in total. The fraction of sp³-hybridized carbons (Fsp3) is 0.263. The van der Waals surface area contributed by atoms with Crippen LogP contribution in [-0.2, 0) is 15.8 Å². The van der Waals surface area contributed by atoms with Gasteiger partial charge in [-0.05, 0) is 49.7 Å². The summed E-state index contributed by atoms with van der Waals surface area (Å²) in [6, 6.07) is 7.30. The highest BCUT2D eigenvalue weighted by molar-refractivity contribution is 6.07. The minimum absolute atomic E-state index is 0.0984. The zero-order valence-electron chi connectivity index (χ0n) is 15.8. The summed E-state index contributed by atoms with van der Waals surface area (Å²) in [7, 11) is 0. The molecule has 1 saturated heterocycles. The first kappa shape index (κ1) is 21.1. The number of hydrogen-bond acceptors (Lipinski definition) is 5. The van der Waals surface area contributed by atoms with Crippen molar-refractivity contribution in [2.24, 2.45) is 5.41 Å². The van der Waals surface area contributed by atoms with E-state index < -0.39 is 34.9 Å². The lowest BCUT2D eigenvalue weighted by Gasteiger charge is -2.20. The molecule has 3 amide bonds. The van der Waals surface area contributed by atoms with E-state index in [4.69, 9.17) is 0 Å². The van der Waals surface area contributed by atoms with Gasteiger partial charge in [-0.15, -0.1) is 0 Å². The van der Waals surface area contributed by atoms with Gasteiger partial charge in [0.1, 0.15) is 5.41 Å². The van der Waals surface area contributed by atoms with Crippen LogP contribution < -0.4 is 21.5 Å². The fourth-order valence-electron chi connectivity index (χ4n) is 2.85. The number of anilines is 2. The minimum Gasteiger partial charge on any atom is -0.355 e. The normalized spacial score (nSPS) is 18.5. The molecular formula is C19H18F3N5O3. The highest BCUT2D eigenvalue weighted by Crippen LogP contribution is 2.30. The summed E-state index contributed by atoms with van der Waals surface area (Å²) < 4.78 is 38.1. The number of hydrazine groups is 1. The first-order chi connectivity index (χ1) is 14.1. The molecule has 0 bridgehead atoms. The van der Waals surface area contributed by atoms with Crippen molar-refractivity contribution in [3.05, 3.63) is 53.9 Å². The molecule has 0 unspecified atom stereocenters. The Morgan fingerprint density at radius 2 is 1.83 bits per heavy atom. The highest BCUT2D eigenvalue weighted by Gasteiger charge is 2.44. The van der Waals surface area contributed by atoms with Crippen molar-refractivity contribution in [3.63, 3.8) is 0 Å². The summed E-state index contributed by atoms with van der Waals surface area (Å²) in [6.07, 6.45) is -2.82. The molecule has 1 aromatic carbocycles. The van der Waals surface area contributed by atoms with Gasteiger partial charge >= 0.3 is 6.18 Å². The van der Waals surface area contributed by atoms with Crippen LogP contribution in [0.15, 0.2) is 42.6 Å². The minimum atomic E-state index is -4.46. The number of halogens is 3. The quantitative estimate of drug-likeness (QED) is 0.446. The molecule has 0 aliphatic carbocycles. The third kappa shape index (κ3) is 4.34. The topological polar surface area (TPSA) is 112 Å². The van der Waals surface area contributed by atoms with Gasteiger partial charge in [0, 0.05) is 18.4 Å². The van der Waals surface area contributed by atoms with Crippen molar-refractivity contribution in [2.45, 2.75) is 19.5 Å². The molecule has 2 aromatic rings. The van der Waals surface area contributed by atoms with Crippen molar-refractivity contribution < 1.29 is 27.6 Å². The Kier molecular flexibility index (Phi) is 5.63. The molecule has 0 radical (unpaired) electrons. The van der Waals surface area contributed by atoms with Crippen LogP contribution in [0.25, 0.3) is 0 Å². The summed E-state index contributed by atoms with van der Waals surface area (Å²) in [4.78, 5) is 40.5. The number of hydrogen-bond donors (Lipinski definition) is 4. The van der Waals surface area contributed by atoms with Gasteiger partial charge in [0.2, 0.25) is 5.91 Å². The lowest BCUT2D eigenvalue weighted by molar-refractivity contribution is -0.140. The molecule has 1 aliphatic rings. The molecule has 2 heterocycles. The van der Waals surface area contributed by atoms with Crippen LogP contribution in [0.5, 0.6) is 0 Å². The number of pyridine rings is 1. The number of benzene rings is 1. The van der Waals surface area contributed by atoms with E-state index in [1.807, 2.05) is 0 Å². The number of aromatic nitrogens is 1. The van der Waals surface area contributed by atoms with Gasteiger partial charge in [-0.1, -0.05) is 0 Å². The second kappa shape index (κ2) is 8.01. The summed E-state index contributed by atoms with van der Waals surface area (Å²) in [5, 5.41) is 5.38. The first-order valence-electron chi connectivity index (χ1n) is 8.89. The lowest BCUT2D eigenvalue weighted by Crippen LogP contribution is -2.51. The summed E-state index contributed by atoms with van der Waals surface area (Å²) in [5.41, 5.74) is 2.76. The fourth-order valence-corrected chi connectivity index (χ4v) is 2.85. The van der Waals surface area contributed by atoms with E-state index in [0.29, 0.717) is 12.2 Å². The van der Waals surface area contributed by atoms with E-state index in [9.17, 15) is 27.6 Å². The molecular weight excluding hydrogens is 403 g/mol. The third-order valence-corrected chi connectivity index (χ3v) is 4.72. The van der Waals surface area contributed by atoms with Crippen molar-refractivity contribution in [3.8, 4) is 0 Å². The third-order valence-electron chi connectivity index (χ3n) is 4.72. The van der Waals surface area contributed by atoms with Crippen molar-refractivity contribution in [2.75, 3.05) is 11.9 Å². The first-order valence-corrected chi connectivity index (χ1v) is 8.89. The molecule has 1 aliphatic heterocycles. The predicted octanol–water partition coefficient (Wildman–Crippen LogP) is 2.13. The number of carbonyl (C=O) groups excluding carboxylic acids is 3. The van der Waals surface area contributed by atoms with E-state index in [1.165, 1.54) is 37.4 Å². The van der Waals surface area contributed by atoms with Crippen LogP contribution in [0.1, 0.15) is 29.4 Å². The Hall–Kier alpha value is -3.63. The number of carbonyl (C=O) groups is 3. The van der Waals surface area contributed by atoms with Crippen LogP contribution in [0.3, 0.4) is 0 Å². The van der Waals surface area contributed by atoms with Gasteiger partial charge in [0.15, 0.2) is 5.69 Å². The maximum Gasteiger partial charge on any atom is 0.416 e. The Bertz CT molecular complexity index is 978. The van der Waals surface area contributed by atoms with Gasteiger partial charge in [0.05, 0.1) is 11.3 Å². The number of rotatable bonds is 4. The number of alkyl halides is 3. The molecule has 4 N–H and O–H groups in total. The average Bonchev–Trinajstić information content (AvgIpc) is 3.05. The molecule has 3 rings (SSSR count). The van der Waals surface area contributed by atoms with Crippen LogP contribution in [-0.4, -0.2) is 29.3 Å². The molecule has 158 valence electrons. The van der Waals surface area contributed by atoms with E-state index in [-0.39, 0.29) is 17.8 Å². The van der Waals surface area contributed by atoms with E-state index in [1.54, 1.807) is 0 Å². The van der Waals surface area contributed by atoms with Crippen molar-refractivity contribution >= 4 is 29.1 Å². The zero-order valence-corrected chi connectivity index (χ0v) is 15.8. The predicted molar refractivity (Wildman–Crippen MR) is 100 cm³/mol. The second-order valence-corrected chi connectivity index (χ2v) is 6.85. The molecule has 30 heavy (non-hydrogen) atoms. The molecule has 1 fully saturated rings. The van der Waals surface area contributed by atoms with Gasteiger partial charge in [0.25, 0.3) is 11.8 Å². The summed E-state index contributed by atoms with van der Waals surface area (Å²) in [5.74, 6) is -1.86. The molecule has 1 atom stereocenters. The van der Waals surface area contributed by atoms with Crippen LogP contribution in [0, 0.1) is 5.41 Å². The van der Waals surface area contributed by atoms with E-state index >= 15 is 0 Å². The van der Waals surface area contributed by atoms with E-state index in [0.717, 1.165) is 12.1 Å². The zero-order chi connectivity index (χ0) is 21.9. The Morgan fingerprint density at radius 1 is 1.13 bits per heavy atom. The van der Waals surface area contributed by atoms with E-state index in [2.05, 4.69) is 26.5 Å². The molecule has 0 saturated carbocycles. The smallest absolute Gasteiger partial charge is 0.355 e. The molecule has 1 aromatic heterocycles. The maximum atomic E-state index is 12.7. The van der Waals surface area contributed by atoms with Crippen LogP contribution >= 0.6 is 0 Å².